The highest BCUT2D eigenvalue weighted by Gasteiger charge is 2.39. The summed E-state index contributed by atoms with van der Waals surface area (Å²) in [6.45, 7) is 0. The van der Waals surface area contributed by atoms with E-state index in [1.54, 1.807) is 6.20 Å². The van der Waals surface area contributed by atoms with E-state index in [0.29, 0.717) is 24.5 Å². The van der Waals surface area contributed by atoms with E-state index in [4.69, 9.17) is 0 Å². The van der Waals surface area contributed by atoms with Gasteiger partial charge in [-0.15, -0.1) is 0 Å². The summed E-state index contributed by atoms with van der Waals surface area (Å²) >= 11 is 2.23. The van der Waals surface area contributed by atoms with Crippen LogP contribution in [0.4, 0.5) is 0 Å². The molecule has 0 saturated heterocycles. The fourth-order valence-electron chi connectivity index (χ4n) is 2.00. The monoisotopic (exact) mass is 349 g/mol. The number of aliphatic imine (C=N–C) groups is 2. The summed E-state index contributed by atoms with van der Waals surface area (Å²) < 4.78 is 1.01. The zero-order valence-electron chi connectivity index (χ0n) is 8.28. The lowest BCUT2D eigenvalue weighted by Gasteiger charge is -2.23. The van der Waals surface area contributed by atoms with Gasteiger partial charge in [-0.25, -0.2) is 4.90 Å². The predicted octanol–water partition coefficient (Wildman–Crippen LogP) is -2.57. The summed E-state index contributed by atoms with van der Waals surface area (Å²) in [5, 5.41) is 0. The standard InChI is InChI=1S/C10H8IN3O.ClH/c11-10-13-9(6-3-7(15)4-6)8-5-12-1-2-14(8)10;/h1-2,5-6H,3-4H2;1H. The minimum absolute atomic E-state index is 0. The van der Waals surface area contributed by atoms with Crippen LogP contribution in [0.5, 0.6) is 0 Å². The third kappa shape index (κ3) is 1.76. The van der Waals surface area contributed by atoms with Crippen LogP contribution in [0, 0.1) is 5.92 Å². The first-order chi connectivity index (χ1) is 7.25. The molecule has 1 atom stereocenters. The maximum atomic E-state index is 11.0. The topological polar surface area (TPSA) is 46.2 Å². The lowest BCUT2D eigenvalue weighted by molar-refractivity contribution is -0.684. The Balaban J connectivity index is 0.000000963. The first-order valence-corrected chi connectivity index (χ1v) is 5.91. The summed E-state index contributed by atoms with van der Waals surface area (Å²) in [4.78, 5) is 20.8. The quantitative estimate of drug-likeness (QED) is 0.410. The fourth-order valence-corrected chi connectivity index (χ4v) is 2.73. The predicted molar refractivity (Wildman–Crippen MR) is 64.8 cm³/mol. The van der Waals surface area contributed by atoms with Gasteiger partial charge in [-0.1, -0.05) is 0 Å². The number of carbonyl (C=O) groups is 1. The molecule has 0 aromatic heterocycles. The molecule has 3 aliphatic rings. The van der Waals surface area contributed by atoms with Crippen molar-refractivity contribution in [3.05, 3.63) is 23.8 Å². The number of ketones is 1. The van der Waals surface area contributed by atoms with E-state index in [1.165, 1.54) is 0 Å². The molecule has 0 aromatic rings. The molecule has 0 aromatic carbocycles. The van der Waals surface area contributed by atoms with Crippen molar-refractivity contribution >= 4 is 38.4 Å². The van der Waals surface area contributed by atoms with E-state index < -0.39 is 0 Å². The highest BCUT2D eigenvalue weighted by molar-refractivity contribution is 14.1. The van der Waals surface area contributed by atoms with Crippen LogP contribution >= 0.6 is 22.6 Å². The molecule has 1 fully saturated rings. The van der Waals surface area contributed by atoms with Crippen LogP contribution in [0.3, 0.4) is 0 Å². The van der Waals surface area contributed by atoms with E-state index in [0.717, 1.165) is 20.1 Å². The van der Waals surface area contributed by atoms with Crippen molar-refractivity contribution in [1.29, 1.82) is 0 Å². The van der Waals surface area contributed by atoms with Gasteiger partial charge in [0, 0.05) is 18.8 Å². The molecule has 0 radical (unpaired) electrons. The number of hydrogen-bond donors (Lipinski definition) is 1. The Bertz CT molecular complexity index is 459. The molecule has 0 amide bonds. The number of hydrogen-bond acceptors (Lipinski definition) is 3. The number of carbonyl (C=O) groups excluding carboxylic acids is 1. The Hall–Kier alpha value is -0.530. The van der Waals surface area contributed by atoms with Crippen molar-refractivity contribution < 1.29 is 22.1 Å². The van der Waals surface area contributed by atoms with Crippen LogP contribution < -0.4 is 17.3 Å². The molecular formula is C10H9ClIN3O. The molecule has 1 aliphatic carbocycles. The average molecular weight is 350 g/mol. The number of nitrogens with zero attached hydrogens (tertiary/aromatic N) is 2. The van der Waals surface area contributed by atoms with Gasteiger partial charge in [0.2, 0.25) is 0 Å². The molecule has 2 heterocycles. The van der Waals surface area contributed by atoms with Gasteiger partial charge in [0.05, 0.1) is 35.0 Å². The van der Waals surface area contributed by atoms with Gasteiger partial charge in [-0.3, -0.25) is 9.79 Å². The SMILES string of the molecule is O=C1CC(C2=C3C=NC=C[NH+]3C(I)=N2)C1.[Cl-]. The van der Waals surface area contributed by atoms with Crippen molar-refractivity contribution in [1.82, 2.24) is 0 Å². The molecule has 2 aliphatic heterocycles. The van der Waals surface area contributed by atoms with Gasteiger partial charge < -0.3 is 12.4 Å². The Labute approximate surface area is 113 Å². The normalized spacial score (nSPS) is 27.4. The Morgan fingerprint density at radius 1 is 1.44 bits per heavy atom. The zero-order valence-corrected chi connectivity index (χ0v) is 11.2. The summed E-state index contributed by atoms with van der Waals surface area (Å²) in [5.74, 6) is 0.669. The zero-order chi connectivity index (χ0) is 10.4. The summed E-state index contributed by atoms with van der Waals surface area (Å²) in [7, 11) is 0. The van der Waals surface area contributed by atoms with Gasteiger partial charge in [0.25, 0.3) is 3.84 Å². The van der Waals surface area contributed by atoms with Crippen molar-refractivity contribution in [2.45, 2.75) is 12.8 Å². The van der Waals surface area contributed by atoms with Gasteiger partial charge in [0.1, 0.15) is 17.7 Å². The summed E-state index contributed by atoms with van der Waals surface area (Å²) in [6.07, 6.45) is 6.91. The van der Waals surface area contributed by atoms with E-state index in [2.05, 4.69) is 32.6 Å². The number of Topliss-reactive ketones (excluding diaryl/α,β-unsaturated/α-hetero) is 1. The van der Waals surface area contributed by atoms with Crippen molar-refractivity contribution in [3.63, 3.8) is 0 Å². The number of fused-ring (bicyclic) bond motifs is 1. The van der Waals surface area contributed by atoms with Crippen LogP contribution in [-0.2, 0) is 4.79 Å². The lowest BCUT2D eigenvalue weighted by atomic mass is 9.81. The maximum absolute atomic E-state index is 11.0. The largest absolute Gasteiger partial charge is 1.00 e. The Kier molecular flexibility index (Phi) is 3.27. The third-order valence-corrected chi connectivity index (χ3v) is 3.70. The second kappa shape index (κ2) is 4.38. The lowest BCUT2D eigenvalue weighted by Crippen LogP contribution is -3.07. The minimum Gasteiger partial charge on any atom is -1.00 e. The van der Waals surface area contributed by atoms with Gasteiger partial charge in [-0.05, 0) is 0 Å². The molecule has 0 spiro atoms. The van der Waals surface area contributed by atoms with Crippen molar-refractivity contribution in [3.8, 4) is 0 Å². The van der Waals surface area contributed by atoms with Crippen molar-refractivity contribution in [2.75, 3.05) is 0 Å². The molecule has 84 valence electrons. The Morgan fingerprint density at radius 2 is 2.19 bits per heavy atom. The number of rotatable bonds is 1. The highest BCUT2D eigenvalue weighted by Crippen LogP contribution is 2.33. The molecular weight excluding hydrogens is 340 g/mol. The molecule has 16 heavy (non-hydrogen) atoms. The summed E-state index contributed by atoms with van der Waals surface area (Å²) in [6, 6.07) is 0. The van der Waals surface area contributed by atoms with Gasteiger partial charge in [0.15, 0.2) is 5.70 Å². The molecule has 4 nitrogen and oxygen atoms in total. The first-order valence-electron chi connectivity index (χ1n) is 4.83. The molecule has 1 unspecified atom stereocenters. The number of quaternary nitrogens is 1. The minimum atomic E-state index is 0. The van der Waals surface area contributed by atoms with Crippen LogP contribution in [-0.4, -0.2) is 15.8 Å². The van der Waals surface area contributed by atoms with Crippen LogP contribution in [0.2, 0.25) is 0 Å². The van der Waals surface area contributed by atoms with E-state index in [-0.39, 0.29) is 12.4 Å². The second-order valence-corrected chi connectivity index (χ2v) is 4.87. The maximum Gasteiger partial charge on any atom is 0.272 e. The number of halogens is 2. The highest BCUT2D eigenvalue weighted by atomic mass is 127. The van der Waals surface area contributed by atoms with E-state index in [9.17, 15) is 4.79 Å². The molecule has 3 rings (SSSR count). The molecule has 1 N–H and O–H groups in total. The second-order valence-electron chi connectivity index (χ2n) is 3.85. The molecule has 6 heteroatoms. The number of amidine groups is 1. The number of nitrogens with one attached hydrogen (secondary N) is 1. The summed E-state index contributed by atoms with van der Waals surface area (Å²) in [5.41, 5.74) is 2.17. The van der Waals surface area contributed by atoms with Crippen LogP contribution in [0.1, 0.15) is 12.8 Å². The fraction of sp³-hybridized carbons (Fsp3) is 0.300. The van der Waals surface area contributed by atoms with E-state index >= 15 is 0 Å². The Morgan fingerprint density at radius 3 is 2.88 bits per heavy atom. The first kappa shape index (κ1) is 11.9. The van der Waals surface area contributed by atoms with Crippen LogP contribution in [0.15, 0.2) is 33.8 Å². The smallest absolute Gasteiger partial charge is 0.272 e. The average Bonchev–Trinajstić information content (AvgIpc) is 2.52. The molecule has 1 saturated carbocycles. The van der Waals surface area contributed by atoms with Crippen molar-refractivity contribution in [2.24, 2.45) is 15.9 Å². The molecule has 0 bridgehead atoms. The number of allylic oxidation sites excluding steroid dienone is 2. The van der Waals surface area contributed by atoms with Crippen LogP contribution in [0.25, 0.3) is 0 Å². The van der Waals surface area contributed by atoms with Gasteiger partial charge >= 0.3 is 0 Å². The van der Waals surface area contributed by atoms with E-state index in [1.807, 2.05) is 12.4 Å². The third-order valence-electron chi connectivity index (χ3n) is 2.87. The van der Waals surface area contributed by atoms with Gasteiger partial charge in [-0.2, -0.15) is 4.99 Å².